The van der Waals surface area contributed by atoms with Crippen LogP contribution < -0.4 is 10.1 Å². The standard InChI is InChI=1S/C16H17N5O/c1-22-15-3-2-13-16(19-15)14(6-9-18-13)21-10-11-4-7-17-8-5-12(11)20-21/h2-3,6,9-10,17H,4-5,7-8H2,1H3. The van der Waals surface area contributed by atoms with Gasteiger partial charge in [-0.2, -0.15) is 5.10 Å². The fraction of sp³-hybridized carbons (Fsp3) is 0.312. The lowest BCUT2D eigenvalue weighted by Crippen LogP contribution is -2.16. The lowest BCUT2D eigenvalue weighted by atomic mass is 10.2. The van der Waals surface area contributed by atoms with Crippen molar-refractivity contribution >= 4 is 11.0 Å². The molecule has 1 aliphatic rings. The highest BCUT2D eigenvalue weighted by Crippen LogP contribution is 2.22. The summed E-state index contributed by atoms with van der Waals surface area (Å²) in [4.78, 5) is 8.91. The van der Waals surface area contributed by atoms with Gasteiger partial charge in [0.15, 0.2) is 0 Å². The number of nitrogens with zero attached hydrogens (tertiary/aromatic N) is 4. The van der Waals surface area contributed by atoms with Gasteiger partial charge in [-0.05, 0) is 30.7 Å². The zero-order chi connectivity index (χ0) is 14.9. The molecule has 4 rings (SSSR count). The normalized spacial score (nSPS) is 14.6. The number of aromatic nitrogens is 4. The van der Waals surface area contributed by atoms with Crippen molar-refractivity contribution in [1.82, 2.24) is 25.1 Å². The van der Waals surface area contributed by atoms with Gasteiger partial charge in [-0.3, -0.25) is 4.98 Å². The molecular formula is C16H17N5O. The monoisotopic (exact) mass is 295 g/mol. The van der Waals surface area contributed by atoms with E-state index in [1.54, 1.807) is 13.3 Å². The molecule has 0 atom stereocenters. The summed E-state index contributed by atoms with van der Waals surface area (Å²) < 4.78 is 7.16. The fourth-order valence-corrected chi connectivity index (χ4v) is 2.84. The predicted molar refractivity (Wildman–Crippen MR) is 83.5 cm³/mol. The number of rotatable bonds is 2. The van der Waals surface area contributed by atoms with E-state index < -0.39 is 0 Å². The van der Waals surface area contributed by atoms with Crippen LogP contribution in [-0.2, 0) is 12.8 Å². The van der Waals surface area contributed by atoms with Crippen LogP contribution in [0.1, 0.15) is 11.3 Å². The van der Waals surface area contributed by atoms with Gasteiger partial charge < -0.3 is 10.1 Å². The Balaban J connectivity index is 1.87. The number of nitrogens with one attached hydrogen (secondary N) is 1. The third kappa shape index (κ3) is 2.21. The van der Waals surface area contributed by atoms with E-state index in [9.17, 15) is 0 Å². The summed E-state index contributed by atoms with van der Waals surface area (Å²) in [6.45, 7) is 1.98. The van der Waals surface area contributed by atoms with Gasteiger partial charge in [-0.1, -0.05) is 0 Å². The number of ether oxygens (including phenoxy) is 1. The minimum absolute atomic E-state index is 0.583. The largest absolute Gasteiger partial charge is 0.481 e. The average molecular weight is 295 g/mol. The van der Waals surface area contributed by atoms with Crippen molar-refractivity contribution in [2.45, 2.75) is 12.8 Å². The highest BCUT2D eigenvalue weighted by atomic mass is 16.5. The van der Waals surface area contributed by atoms with E-state index in [-0.39, 0.29) is 0 Å². The van der Waals surface area contributed by atoms with Crippen molar-refractivity contribution in [1.29, 1.82) is 0 Å². The fourth-order valence-electron chi connectivity index (χ4n) is 2.84. The molecule has 0 aliphatic carbocycles. The Hall–Kier alpha value is -2.47. The number of hydrogen-bond donors (Lipinski definition) is 1. The summed E-state index contributed by atoms with van der Waals surface area (Å²) in [7, 11) is 1.62. The van der Waals surface area contributed by atoms with E-state index in [1.165, 1.54) is 5.56 Å². The van der Waals surface area contributed by atoms with Gasteiger partial charge in [0.25, 0.3) is 0 Å². The van der Waals surface area contributed by atoms with Crippen LogP contribution in [0.25, 0.3) is 16.7 Å². The Kier molecular flexibility index (Phi) is 3.23. The van der Waals surface area contributed by atoms with Crippen molar-refractivity contribution in [3.8, 4) is 11.6 Å². The number of hydrogen-bond acceptors (Lipinski definition) is 5. The van der Waals surface area contributed by atoms with Crippen LogP contribution >= 0.6 is 0 Å². The second-order valence-electron chi connectivity index (χ2n) is 5.35. The van der Waals surface area contributed by atoms with E-state index in [0.717, 1.165) is 48.3 Å². The average Bonchev–Trinajstić information content (AvgIpc) is 2.84. The summed E-state index contributed by atoms with van der Waals surface area (Å²) in [5.41, 5.74) is 5.05. The Labute approximate surface area is 128 Å². The second kappa shape index (κ2) is 5.38. The van der Waals surface area contributed by atoms with Gasteiger partial charge in [0.05, 0.1) is 24.0 Å². The molecule has 0 saturated heterocycles. The molecular weight excluding hydrogens is 278 g/mol. The smallest absolute Gasteiger partial charge is 0.213 e. The molecule has 6 heteroatoms. The van der Waals surface area contributed by atoms with Crippen LogP contribution in [0.4, 0.5) is 0 Å². The van der Waals surface area contributed by atoms with Gasteiger partial charge in [-0.15, -0.1) is 0 Å². The molecule has 0 spiro atoms. The Bertz CT molecular complexity index is 803. The van der Waals surface area contributed by atoms with E-state index in [0.29, 0.717) is 5.88 Å². The first-order valence-corrected chi connectivity index (χ1v) is 7.43. The molecule has 1 aliphatic heterocycles. The van der Waals surface area contributed by atoms with Crippen molar-refractivity contribution < 1.29 is 4.74 Å². The van der Waals surface area contributed by atoms with Crippen LogP contribution in [0, 0.1) is 0 Å². The molecule has 22 heavy (non-hydrogen) atoms. The highest BCUT2D eigenvalue weighted by Gasteiger charge is 2.15. The first kappa shape index (κ1) is 13.2. The van der Waals surface area contributed by atoms with Crippen LogP contribution in [-0.4, -0.2) is 39.9 Å². The quantitative estimate of drug-likeness (QED) is 0.776. The number of pyridine rings is 2. The Morgan fingerprint density at radius 2 is 2.09 bits per heavy atom. The zero-order valence-corrected chi connectivity index (χ0v) is 12.4. The molecule has 6 nitrogen and oxygen atoms in total. The maximum atomic E-state index is 5.23. The molecule has 0 radical (unpaired) electrons. The molecule has 0 amide bonds. The zero-order valence-electron chi connectivity index (χ0n) is 12.4. The van der Waals surface area contributed by atoms with Gasteiger partial charge >= 0.3 is 0 Å². The summed E-state index contributed by atoms with van der Waals surface area (Å²) in [5, 5.41) is 8.15. The summed E-state index contributed by atoms with van der Waals surface area (Å²) in [5.74, 6) is 0.583. The molecule has 0 saturated carbocycles. The first-order chi connectivity index (χ1) is 10.8. The summed E-state index contributed by atoms with van der Waals surface area (Å²) in [6, 6.07) is 5.69. The second-order valence-corrected chi connectivity index (χ2v) is 5.35. The molecule has 0 unspecified atom stereocenters. The summed E-state index contributed by atoms with van der Waals surface area (Å²) >= 11 is 0. The van der Waals surface area contributed by atoms with Crippen molar-refractivity contribution in [3.63, 3.8) is 0 Å². The molecule has 3 aromatic rings. The van der Waals surface area contributed by atoms with E-state index >= 15 is 0 Å². The topological polar surface area (TPSA) is 64.9 Å². The van der Waals surface area contributed by atoms with E-state index in [2.05, 4.69) is 21.5 Å². The van der Waals surface area contributed by atoms with Gasteiger partial charge in [0.1, 0.15) is 5.52 Å². The van der Waals surface area contributed by atoms with Crippen molar-refractivity contribution in [2.24, 2.45) is 0 Å². The van der Waals surface area contributed by atoms with E-state index in [1.807, 2.05) is 22.9 Å². The molecule has 4 heterocycles. The molecule has 0 bridgehead atoms. The number of fused-ring (bicyclic) bond motifs is 2. The Morgan fingerprint density at radius 3 is 3.00 bits per heavy atom. The van der Waals surface area contributed by atoms with Crippen LogP contribution in [0.3, 0.4) is 0 Å². The van der Waals surface area contributed by atoms with Gasteiger partial charge in [0, 0.05) is 31.4 Å². The SMILES string of the molecule is COc1ccc2nccc(-n3cc4c(n3)CCNCC4)c2n1. The van der Waals surface area contributed by atoms with Crippen molar-refractivity contribution in [3.05, 3.63) is 41.9 Å². The number of methoxy groups -OCH3 is 1. The third-order valence-electron chi connectivity index (χ3n) is 3.98. The predicted octanol–water partition coefficient (Wildman–Crippen LogP) is 1.51. The Morgan fingerprint density at radius 1 is 1.18 bits per heavy atom. The maximum absolute atomic E-state index is 5.23. The van der Waals surface area contributed by atoms with Crippen LogP contribution in [0.5, 0.6) is 5.88 Å². The molecule has 1 N–H and O–H groups in total. The summed E-state index contributed by atoms with van der Waals surface area (Å²) in [6.07, 6.45) is 5.87. The van der Waals surface area contributed by atoms with Gasteiger partial charge in [-0.25, -0.2) is 9.67 Å². The maximum Gasteiger partial charge on any atom is 0.213 e. The first-order valence-electron chi connectivity index (χ1n) is 7.43. The van der Waals surface area contributed by atoms with Crippen LogP contribution in [0.2, 0.25) is 0 Å². The third-order valence-corrected chi connectivity index (χ3v) is 3.98. The molecule has 0 aromatic carbocycles. The molecule has 0 fully saturated rings. The van der Waals surface area contributed by atoms with Gasteiger partial charge in [0.2, 0.25) is 5.88 Å². The van der Waals surface area contributed by atoms with E-state index in [4.69, 9.17) is 9.84 Å². The lowest BCUT2D eigenvalue weighted by molar-refractivity contribution is 0.399. The minimum atomic E-state index is 0.583. The van der Waals surface area contributed by atoms with Crippen LogP contribution in [0.15, 0.2) is 30.6 Å². The molecule has 112 valence electrons. The minimum Gasteiger partial charge on any atom is -0.481 e. The lowest BCUT2D eigenvalue weighted by Gasteiger charge is -2.07. The van der Waals surface area contributed by atoms with Crippen molar-refractivity contribution in [2.75, 3.05) is 20.2 Å². The molecule has 3 aromatic heterocycles. The highest BCUT2D eigenvalue weighted by molar-refractivity contribution is 5.83.